The number of aliphatic hydroxyl groups excluding tert-OH is 1. The van der Waals surface area contributed by atoms with E-state index in [9.17, 15) is 14.7 Å². The van der Waals surface area contributed by atoms with Gasteiger partial charge in [0, 0.05) is 18.7 Å². The number of Topliss-reactive ketones (excluding diaryl/α,β-unsaturated/α-hetero) is 1. The molecule has 1 N–H and O–H groups in total. The van der Waals surface area contributed by atoms with Gasteiger partial charge in [0.2, 0.25) is 0 Å². The summed E-state index contributed by atoms with van der Waals surface area (Å²) in [6, 6.07) is 8.98. The summed E-state index contributed by atoms with van der Waals surface area (Å²) in [5, 5.41) is 11.9. The van der Waals surface area contributed by atoms with Crippen LogP contribution < -0.4 is 9.47 Å². The Labute approximate surface area is 200 Å². The summed E-state index contributed by atoms with van der Waals surface area (Å²) >= 11 is 12.3. The van der Waals surface area contributed by atoms with E-state index in [2.05, 4.69) is 0 Å². The van der Waals surface area contributed by atoms with Crippen molar-refractivity contribution in [3.63, 3.8) is 0 Å². The van der Waals surface area contributed by atoms with Gasteiger partial charge in [-0.3, -0.25) is 9.59 Å². The van der Waals surface area contributed by atoms with Gasteiger partial charge in [-0.25, -0.2) is 0 Å². The minimum atomic E-state index is -0.836. The van der Waals surface area contributed by atoms with E-state index in [0.29, 0.717) is 47.5 Å². The maximum Gasteiger partial charge on any atom is 0.295 e. The fourth-order valence-electron chi connectivity index (χ4n) is 4.45. The maximum atomic E-state index is 13.2. The molecule has 0 aromatic heterocycles. The number of nitrogens with zero attached hydrogens (tertiary/aromatic N) is 1. The molecule has 3 aliphatic rings. The summed E-state index contributed by atoms with van der Waals surface area (Å²) in [4.78, 5) is 27.7. The number of carbonyl (C=O) groups excluding carboxylic acids is 2. The lowest BCUT2D eigenvalue weighted by Crippen LogP contribution is -2.36. The highest BCUT2D eigenvalue weighted by molar-refractivity contribution is 6.47. The van der Waals surface area contributed by atoms with Crippen molar-refractivity contribution >= 4 is 40.7 Å². The largest absolute Gasteiger partial charge is 0.507 e. The fraction of sp³-hybridized carbons (Fsp3) is 0.333. The molecule has 7 nitrogen and oxygen atoms in total. The van der Waals surface area contributed by atoms with Crippen molar-refractivity contribution < 1.29 is 28.9 Å². The number of likely N-dealkylation sites (tertiary alicyclic amines) is 1. The predicted molar refractivity (Wildman–Crippen MR) is 122 cm³/mol. The molecule has 2 aromatic rings. The standard InChI is InChI=1S/C24H21Cl2NO6/c25-16-5-3-13(10-17(16)26)21-20(23(29)24(30)27(21)12-15-2-1-7-31-15)22(28)14-4-6-18-19(11-14)33-9-8-32-18/h3-6,10-11,15,21,28H,1-2,7-9,12H2/b22-20+. The Morgan fingerprint density at radius 1 is 1.00 bits per heavy atom. The van der Waals surface area contributed by atoms with Crippen LogP contribution in [-0.2, 0) is 14.3 Å². The fourth-order valence-corrected chi connectivity index (χ4v) is 4.76. The van der Waals surface area contributed by atoms with E-state index >= 15 is 0 Å². The minimum Gasteiger partial charge on any atom is -0.507 e. The van der Waals surface area contributed by atoms with Gasteiger partial charge in [0.15, 0.2) is 11.5 Å². The number of ketones is 1. The van der Waals surface area contributed by atoms with E-state index in [4.69, 9.17) is 37.4 Å². The Balaban J connectivity index is 1.62. The molecule has 3 aliphatic heterocycles. The number of amides is 1. The number of hydrogen-bond donors (Lipinski definition) is 1. The molecule has 0 radical (unpaired) electrons. The van der Waals surface area contributed by atoms with Crippen LogP contribution in [0.1, 0.15) is 30.0 Å². The van der Waals surface area contributed by atoms with E-state index < -0.39 is 17.7 Å². The Hall–Kier alpha value is -2.74. The van der Waals surface area contributed by atoms with Gasteiger partial charge < -0.3 is 24.2 Å². The first-order valence-corrected chi connectivity index (χ1v) is 11.4. The predicted octanol–water partition coefficient (Wildman–Crippen LogP) is 4.37. The number of ether oxygens (including phenoxy) is 3. The van der Waals surface area contributed by atoms with Gasteiger partial charge in [-0.2, -0.15) is 0 Å². The van der Waals surface area contributed by atoms with Crippen LogP contribution >= 0.6 is 23.2 Å². The molecule has 2 aromatic carbocycles. The topological polar surface area (TPSA) is 85.3 Å². The molecule has 0 bridgehead atoms. The molecular formula is C24H21Cl2NO6. The first kappa shape index (κ1) is 22.1. The summed E-state index contributed by atoms with van der Waals surface area (Å²) in [5.41, 5.74) is 0.896. The van der Waals surface area contributed by atoms with Gasteiger partial charge in [-0.05, 0) is 48.7 Å². The lowest BCUT2D eigenvalue weighted by molar-refractivity contribution is -0.140. The molecular weight excluding hydrogens is 469 g/mol. The van der Waals surface area contributed by atoms with E-state index in [1.54, 1.807) is 36.4 Å². The van der Waals surface area contributed by atoms with Gasteiger partial charge in [-0.15, -0.1) is 0 Å². The summed E-state index contributed by atoms with van der Waals surface area (Å²) in [6.45, 7) is 1.66. The van der Waals surface area contributed by atoms with Crippen LogP contribution in [0.25, 0.3) is 5.76 Å². The second kappa shape index (κ2) is 8.89. The van der Waals surface area contributed by atoms with Gasteiger partial charge in [0.1, 0.15) is 19.0 Å². The highest BCUT2D eigenvalue weighted by atomic mass is 35.5. The smallest absolute Gasteiger partial charge is 0.295 e. The van der Waals surface area contributed by atoms with Crippen LogP contribution in [0.5, 0.6) is 11.5 Å². The van der Waals surface area contributed by atoms with E-state index in [1.807, 2.05) is 0 Å². The molecule has 33 heavy (non-hydrogen) atoms. The quantitative estimate of drug-likeness (QED) is 0.390. The second-order valence-corrected chi connectivity index (χ2v) is 8.93. The van der Waals surface area contributed by atoms with E-state index in [-0.39, 0.29) is 29.0 Å². The number of aliphatic hydroxyl groups is 1. The molecule has 172 valence electrons. The molecule has 5 rings (SSSR count). The average molecular weight is 490 g/mol. The molecule has 1 amide bonds. The highest BCUT2D eigenvalue weighted by Crippen LogP contribution is 2.42. The number of benzene rings is 2. The normalized spacial score (nSPS) is 23.9. The van der Waals surface area contributed by atoms with Crippen LogP contribution in [0.15, 0.2) is 42.0 Å². The molecule has 2 atom stereocenters. The molecule has 0 saturated carbocycles. The number of hydrogen-bond acceptors (Lipinski definition) is 6. The van der Waals surface area contributed by atoms with Crippen molar-refractivity contribution in [1.82, 2.24) is 4.90 Å². The molecule has 0 spiro atoms. The van der Waals surface area contributed by atoms with Crippen LogP contribution in [0.4, 0.5) is 0 Å². The van der Waals surface area contributed by atoms with Crippen LogP contribution in [0.3, 0.4) is 0 Å². The van der Waals surface area contributed by atoms with Crippen molar-refractivity contribution in [3.05, 3.63) is 63.1 Å². The Morgan fingerprint density at radius 2 is 1.79 bits per heavy atom. The van der Waals surface area contributed by atoms with Gasteiger partial charge >= 0.3 is 0 Å². The van der Waals surface area contributed by atoms with Crippen molar-refractivity contribution in [2.24, 2.45) is 0 Å². The van der Waals surface area contributed by atoms with Crippen molar-refractivity contribution in [3.8, 4) is 11.5 Å². The number of halogens is 2. The average Bonchev–Trinajstić information content (AvgIpc) is 3.42. The summed E-state index contributed by atoms with van der Waals surface area (Å²) < 4.78 is 16.8. The first-order valence-electron chi connectivity index (χ1n) is 10.7. The van der Waals surface area contributed by atoms with Gasteiger partial charge in [0.05, 0.1) is 27.8 Å². The number of fused-ring (bicyclic) bond motifs is 1. The first-order chi connectivity index (χ1) is 15.9. The Morgan fingerprint density at radius 3 is 2.52 bits per heavy atom. The Bertz CT molecular complexity index is 1160. The molecule has 3 heterocycles. The van der Waals surface area contributed by atoms with E-state index in [1.165, 1.54) is 4.90 Å². The summed E-state index contributed by atoms with van der Waals surface area (Å²) in [6.07, 6.45) is 1.51. The van der Waals surface area contributed by atoms with E-state index in [0.717, 1.165) is 12.8 Å². The van der Waals surface area contributed by atoms with Crippen molar-refractivity contribution in [2.75, 3.05) is 26.4 Å². The zero-order valence-electron chi connectivity index (χ0n) is 17.6. The minimum absolute atomic E-state index is 0.0203. The monoisotopic (exact) mass is 489 g/mol. The third kappa shape index (κ3) is 4.05. The Kier molecular flexibility index (Phi) is 5.95. The third-order valence-corrected chi connectivity index (χ3v) is 6.78. The number of carbonyl (C=O) groups is 2. The number of rotatable bonds is 4. The third-order valence-electron chi connectivity index (χ3n) is 6.04. The lowest BCUT2D eigenvalue weighted by Gasteiger charge is -2.27. The zero-order chi connectivity index (χ0) is 23.1. The van der Waals surface area contributed by atoms with Crippen LogP contribution in [-0.4, -0.2) is 54.2 Å². The van der Waals surface area contributed by atoms with Crippen molar-refractivity contribution in [1.29, 1.82) is 0 Å². The summed E-state index contributed by atoms with van der Waals surface area (Å²) in [7, 11) is 0. The highest BCUT2D eigenvalue weighted by Gasteiger charge is 2.47. The SMILES string of the molecule is O=C1C(=O)N(CC2CCCO2)C(c2ccc(Cl)c(Cl)c2)/C1=C(\O)c1ccc2c(c1)OCCO2. The lowest BCUT2D eigenvalue weighted by atomic mass is 9.95. The molecule has 2 unspecified atom stereocenters. The van der Waals surface area contributed by atoms with Gasteiger partial charge in [-0.1, -0.05) is 29.3 Å². The summed E-state index contributed by atoms with van der Waals surface area (Å²) in [5.74, 6) is -0.740. The molecule has 2 fully saturated rings. The van der Waals surface area contributed by atoms with Crippen LogP contribution in [0, 0.1) is 0 Å². The molecule has 9 heteroatoms. The second-order valence-electron chi connectivity index (χ2n) is 8.12. The van der Waals surface area contributed by atoms with Crippen molar-refractivity contribution in [2.45, 2.75) is 25.0 Å². The molecule has 0 aliphatic carbocycles. The van der Waals surface area contributed by atoms with Gasteiger partial charge in [0.25, 0.3) is 11.7 Å². The zero-order valence-corrected chi connectivity index (χ0v) is 19.1. The molecule has 2 saturated heterocycles. The van der Waals surface area contributed by atoms with Crippen LogP contribution in [0.2, 0.25) is 10.0 Å². The maximum absolute atomic E-state index is 13.2.